The second-order valence-corrected chi connectivity index (χ2v) is 5.43. The van der Waals surface area contributed by atoms with Crippen LogP contribution in [0.2, 0.25) is 0 Å². The van der Waals surface area contributed by atoms with Crippen molar-refractivity contribution in [2.24, 2.45) is 0 Å². The number of carbonyl (C=O) groups is 1. The molecule has 2 aromatic carbocycles. The van der Waals surface area contributed by atoms with E-state index in [1.165, 1.54) is 4.90 Å². The monoisotopic (exact) mass is 261 g/mol. The fourth-order valence-corrected chi connectivity index (χ4v) is 2.40. The van der Waals surface area contributed by atoms with Crippen LogP contribution in [-0.2, 0) is 12.6 Å². The first-order valence-electron chi connectivity index (χ1n) is 5.26. The van der Waals surface area contributed by atoms with Crippen molar-refractivity contribution in [3.63, 3.8) is 0 Å². The van der Waals surface area contributed by atoms with Crippen LogP contribution >= 0.6 is 11.8 Å². The third-order valence-electron chi connectivity index (χ3n) is 2.35. The van der Waals surface area contributed by atoms with Gasteiger partial charge in [0, 0.05) is 15.4 Å². The first kappa shape index (κ1) is 12.3. The van der Waals surface area contributed by atoms with Gasteiger partial charge in [-0.05, 0) is 56.0 Å². The van der Waals surface area contributed by atoms with Crippen molar-refractivity contribution in [1.82, 2.24) is 0 Å². The van der Waals surface area contributed by atoms with Crippen LogP contribution in [0.5, 0.6) is 0 Å². The molecule has 0 saturated heterocycles. The zero-order valence-corrected chi connectivity index (χ0v) is 11.3. The molecule has 0 bridgehead atoms. The standard InChI is InChI=1S/C14H12OS2/c1-10(15)11-2-6-13(7-3-11)17-14-8-4-12(16)5-9-14/h2-9,16H,1H3/p+1. The Hall–Kier alpha value is -1.19. The third-order valence-corrected chi connectivity index (χ3v) is 3.70. The van der Waals surface area contributed by atoms with Crippen LogP contribution in [0.4, 0.5) is 0 Å². The lowest BCUT2D eigenvalue weighted by molar-refractivity contribution is 0.101. The van der Waals surface area contributed by atoms with E-state index in [1.807, 2.05) is 36.4 Å². The van der Waals surface area contributed by atoms with Crippen LogP contribution in [0.3, 0.4) is 0 Å². The van der Waals surface area contributed by atoms with E-state index >= 15 is 0 Å². The van der Waals surface area contributed by atoms with Crippen molar-refractivity contribution in [2.75, 3.05) is 0 Å². The van der Waals surface area contributed by atoms with E-state index in [0.29, 0.717) is 0 Å². The Morgan fingerprint density at radius 3 is 1.88 bits per heavy atom. The highest BCUT2D eigenvalue weighted by Crippen LogP contribution is 2.27. The van der Waals surface area contributed by atoms with Crippen molar-refractivity contribution in [3.8, 4) is 0 Å². The Kier molecular flexibility index (Phi) is 3.92. The van der Waals surface area contributed by atoms with Crippen LogP contribution in [0.1, 0.15) is 17.3 Å². The fourth-order valence-electron chi connectivity index (χ4n) is 1.42. The Balaban J connectivity index is 2.13. The molecular formula is C14H13OS2+. The second kappa shape index (κ2) is 5.43. The van der Waals surface area contributed by atoms with Gasteiger partial charge in [-0.3, -0.25) is 4.79 Å². The molecule has 0 spiro atoms. The normalized spacial score (nSPS) is 10.2. The summed E-state index contributed by atoms with van der Waals surface area (Å²) >= 11 is 5.14. The molecule has 17 heavy (non-hydrogen) atoms. The lowest BCUT2D eigenvalue weighted by Crippen LogP contribution is -1.90. The minimum absolute atomic E-state index is 0.102. The maximum absolute atomic E-state index is 11.1. The zero-order chi connectivity index (χ0) is 12.3. The van der Waals surface area contributed by atoms with Crippen LogP contribution in [-0.4, -0.2) is 5.78 Å². The van der Waals surface area contributed by atoms with Gasteiger partial charge in [-0.15, -0.1) is 0 Å². The van der Waals surface area contributed by atoms with Gasteiger partial charge in [-0.25, -0.2) is 0 Å². The highest BCUT2D eigenvalue weighted by molar-refractivity contribution is 7.99. The largest absolute Gasteiger partial charge is 0.295 e. The van der Waals surface area contributed by atoms with Gasteiger partial charge < -0.3 is 0 Å². The van der Waals surface area contributed by atoms with Crippen molar-refractivity contribution < 1.29 is 4.79 Å². The predicted molar refractivity (Wildman–Crippen MR) is 75.4 cm³/mol. The maximum Gasteiger partial charge on any atom is 0.159 e. The lowest BCUT2D eigenvalue weighted by Gasteiger charge is -2.02. The van der Waals surface area contributed by atoms with E-state index in [0.717, 1.165) is 15.4 Å². The molecule has 0 aliphatic rings. The molecule has 0 unspecified atom stereocenters. The van der Waals surface area contributed by atoms with E-state index in [-0.39, 0.29) is 5.78 Å². The minimum Gasteiger partial charge on any atom is -0.295 e. The summed E-state index contributed by atoms with van der Waals surface area (Å²) in [5, 5.41) is 0. The number of hydrogen-bond donors (Lipinski definition) is 0. The lowest BCUT2D eigenvalue weighted by atomic mass is 10.2. The summed E-state index contributed by atoms with van der Waals surface area (Å²) < 4.78 is 0. The van der Waals surface area contributed by atoms with Crippen LogP contribution in [0.25, 0.3) is 0 Å². The number of hydrogen-bond acceptors (Lipinski definition) is 2. The fraction of sp³-hybridized carbons (Fsp3) is 0.0714. The number of Topliss-reactive ketones (excluding diaryl/α,β-unsaturated/α-hetero) is 1. The van der Waals surface area contributed by atoms with Gasteiger partial charge in [0.15, 0.2) is 5.78 Å². The highest BCUT2D eigenvalue weighted by atomic mass is 32.2. The number of rotatable bonds is 3. The Morgan fingerprint density at radius 2 is 1.41 bits per heavy atom. The number of carbonyl (C=O) groups excluding carboxylic acids is 1. The van der Waals surface area contributed by atoms with Crippen LogP contribution in [0.15, 0.2) is 63.2 Å². The molecule has 0 radical (unpaired) electrons. The molecule has 0 heterocycles. The first-order chi connectivity index (χ1) is 8.15. The molecule has 0 saturated carbocycles. The molecule has 0 atom stereocenters. The average Bonchev–Trinajstić information content (AvgIpc) is 2.33. The van der Waals surface area contributed by atoms with Crippen molar-refractivity contribution in [3.05, 3.63) is 54.1 Å². The van der Waals surface area contributed by atoms with Gasteiger partial charge in [-0.2, -0.15) is 0 Å². The first-order valence-corrected chi connectivity index (χ1v) is 6.57. The molecule has 0 aliphatic carbocycles. The molecule has 0 amide bonds. The molecule has 0 aliphatic heterocycles. The predicted octanol–water partition coefficient (Wildman–Crippen LogP) is 3.41. The third kappa shape index (κ3) is 3.38. The van der Waals surface area contributed by atoms with Crippen molar-refractivity contribution >= 4 is 30.2 Å². The van der Waals surface area contributed by atoms with Gasteiger partial charge in [0.05, 0.1) is 0 Å². The Labute approximate surface area is 111 Å². The van der Waals surface area contributed by atoms with E-state index in [9.17, 15) is 4.79 Å². The minimum atomic E-state index is 0.102. The van der Waals surface area contributed by atoms with E-state index in [1.54, 1.807) is 18.7 Å². The van der Waals surface area contributed by atoms with Crippen molar-refractivity contribution in [2.45, 2.75) is 21.6 Å². The van der Waals surface area contributed by atoms with Crippen molar-refractivity contribution in [1.29, 1.82) is 0 Å². The Morgan fingerprint density at radius 1 is 0.941 bits per heavy atom. The summed E-state index contributed by atoms with van der Waals surface area (Å²) in [5.41, 5.74) is 0.754. The number of ketones is 1. The summed E-state index contributed by atoms with van der Waals surface area (Å²) in [6, 6.07) is 15.8. The van der Waals surface area contributed by atoms with Gasteiger partial charge in [0.1, 0.15) is 4.90 Å². The van der Waals surface area contributed by atoms with Gasteiger partial charge in [0.25, 0.3) is 0 Å². The zero-order valence-electron chi connectivity index (χ0n) is 9.44. The molecular weight excluding hydrogens is 248 g/mol. The molecule has 0 fully saturated rings. The summed E-state index contributed by atoms with van der Waals surface area (Å²) in [6.07, 6.45) is 0. The van der Waals surface area contributed by atoms with Gasteiger partial charge >= 0.3 is 0 Å². The SMILES string of the molecule is CC(=O)c1ccc(Sc2ccc([SH2+])cc2)cc1. The van der Waals surface area contributed by atoms with E-state index in [2.05, 4.69) is 24.8 Å². The van der Waals surface area contributed by atoms with E-state index in [4.69, 9.17) is 0 Å². The molecule has 2 rings (SSSR count). The molecule has 0 N–H and O–H groups in total. The molecule has 2 aromatic rings. The second-order valence-electron chi connectivity index (χ2n) is 3.71. The average molecular weight is 261 g/mol. The number of benzene rings is 2. The summed E-state index contributed by atoms with van der Waals surface area (Å²) in [7, 11) is 0. The summed E-state index contributed by atoms with van der Waals surface area (Å²) in [5.74, 6) is 0.102. The quantitative estimate of drug-likeness (QED) is 0.622. The van der Waals surface area contributed by atoms with Gasteiger partial charge in [0.2, 0.25) is 0 Å². The molecule has 86 valence electrons. The maximum atomic E-state index is 11.1. The van der Waals surface area contributed by atoms with E-state index < -0.39 is 0 Å². The molecule has 1 nitrogen and oxygen atoms in total. The van der Waals surface area contributed by atoms with Crippen LogP contribution < -0.4 is 0 Å². The topological polar surface area (TPSA) is 17.1 Å². The van der Waals surface area contributed by atoms with Crippen LogP contribution in [0, 0.1) is 0 Å². The van der Waals surface area contributed by atoms with Gasteiger partial charge in [-0.1, -0.05) is 23.9 Å². The molecule has 3 heteroatoms. The summed E-state index contributed by atoms with van der Waals surface area (Å²) in [4.78, 5) is 14.5. The summed E-state index contributed by atoms with van der Waals surface area (Å²) in [6.45, 7) is 1.58. The molecule has 0 aromatic heterocycles. The highest BCUT2D eigenvalue weighted by Gasteiger charge is 2.01. The Bertz CT molecular complexity index is 515. The smallest absolute Gasteiger partial charge is 0.159 e.